The van der Waals surface area contributed by atoms with Gasteiger partial charge in [0, 0.05) is 18.8 Å². The first-order valence-corrected chi connectivity index (χ1v) is 6.14. The molecule has 1 amide bonds. The fourth-order valence-corrected chi connectivity index (χ4v) is 2.08. The summed E-state index contributed by atoms with van der Waals surface area (Å²) in [7, 11) is 1.98. The van der Waals surface area contributed by atoms with Crippen molar-refractivity contribution in [3.8, 4) is 0 Å². The standard InChI is InChI=1S/C12H15N5O2/c1-17-4-5-19-11(7-17)12(18)13-8-2-3-9-10(6-8)15-16-14-9/h2-3,6,11H,4-5,7H2,1H3,(H,13,18)(H,14,15,16)/t11-/m0/s1. The second-order valence-corrected chi connectivity index (χ2v) is 4.64. The highest BCUT2D eigenvalue weighted by Gasteiger charge is 2.24. The number of nitrogens with zero attached hydrogens (tertiary/aromatic N) is 3. The van der Waals surface area contributed by atoms with Gasteiger partial charge in [0.05, 0.1) is 6.61 Å². The minimum atomic E-state index is -0.424. The second-order valence-electron chi connectivity index (χ2n) is 4.64. The second kappa shape index (κ2) is 4.94. The Balaban J connectivity index is 1.71. The van der Waals surface area contributed by atoms with Crippen LogP contribution in [0.5, 0.6) is 0 Å². The summed E-state index contributed by atoms with van der Waals surface area (Å²) >= 11 is 0. The zero-order chi connectivity index (χ0) is 13.2. The predicted molar refractivity (Wildman–Crippen MR) is 69.8 cm³/mol. The van der Waals surface area contributed by atoms with Crippen LogP contribution in [0, 0.1) is 0 Å². The molecule has 2 heterocycles. The number of aromatic nitrogens is 3. The fourth-order valence-electron chi connectivity index (χ4n) is 2.08. The number of likely N-dealkylation sites (N-methyl/N-ethyl adjacent to an activating group) is 1. The summed E-state index contributed by atoms with van der Waals surface area (Å²) in [4.78, 5) is 14.2. The van der Waals surface area contributed by atoms with Gasteiger partial charge in [-0.2, -0.15) is 15.4 Å². The van der Waals surface area contributed by atoms with E-state index >= 15 is 0 Å². The molecule has 1 fully saturated rings. The van der Waals surface area contributed by atoms with Crippen LogP contribution in [0.3, 0.4) is 0 Å². The Morgan fingerprint density at radius 3 is 3.16 bits per heavy atom. The van der Waals surface area contributed by atoms with Gasteiger partial charge in [-0.15, -0.1) is 0 Å². The topological polar surface area (TPSA) is 83.1 Å². The van der Waals surface area contributed by atoms with Crippen molar-refractivity contribution in [3.05, 3.63) is 18.2 Å². The first kappa shape index (κ1) is 12.1. The fraction of sp³-hybridized carbons (Fsp3) is 0.417. The summed E-state index contributed by atoms with van der Waals surface area (Å²) in [6, 6.07) is 5.39. The average molecular weight is 261 g/mol. The Labute approximate surface area is 109 Å². The molecule has 0 radical (unpaired) electrons. The van der Waals surface area contributed by atoms with Crippen LogP contribution in [0.4, 0.5) is 5.69 Å². The van der Waals surface area contributed by atoms with E-state index in [2.05, 4.69) is 25.6 Å². The Morgan fingerprint density at radius 1 is 1.47 bits per heavy atom. The number of ether oxygens (including phenoxy) is 1. The van der Waals surface area contributed by atoms with Crippen molar-refractivity contribution in [2.24, 2.45) is 0 Å². The molecular weight excluding hydrogens is 246 g/mol. The number of aromatic amines is 1. The smallest absolute Gasteiger partial charge is 0.254 e. The molecule has 0 spiro atoms. The zero-order valence-corrected chi connectivity index (χ0v) is 10.6. The molecule has 19 heavy (non-hydrogen) atoms. The Morgan fingerprint density at radius 2 is 2.32 bits per heavy atom. The van der Waals surface area contributed by atoms with Gasteiger partial charge in [0.2, 0.25) is 0 Å². The number of rotatable bonds is 2. The first-order valence-electron chi connectivity index (χ1n) is 6.14. The molecule has 0 aliphatic carbocycles. The van der Waals surface area contributed by atoms with Gasteiger partial charge in [-0.3, -0.25) is 4.79 Å². The van der Waals surface area contributed by atoms with Gasteiger partial charge in [-0.05, 0) is 25.2 Å². The lowest BCUT2D eigenvalue weighted by Gasteiger charge is -2.29. The molecule has 0 bridgehead atoms. The summed E-state index contributed by atoms with van der Waals surface area (Å²) in [5.41, 5.74) is 2.19. The summed E-state index contributed by atoms with van der Waals surface area (Å²) in [5.74, 6) is -0.130. The summed E-state index contributed by atoms with van der Waals surface area (Å²) in [6.07, 6.45) is -0.424. The third-order valence-electron chi connectivity index (χ3n) is 3.15. The maximum absolute atomic E-state index is 12.1. The van der Waals surface area contributed by atoms with Gasteiger partial charge in [0.1, 0.15) is 17.1 Å². The number of morpholine rings is 1. The molecule has 1 aliphatic heterocycles. The highest BCUT2D eigenvalue weighted by molar-refractivity contribution is 5.95. The van der Waals surface area contributed by atoms with E-state index in [0.717, 1.165) is 17.6 Å². The third kappa shape index (κ3) is 2.56. The van der Waals surface area contributed by atoms with Crippen LogP contribution >= 0.6 is 0 Å². The zero-order valence-electron chi connectivity index (χ0n) is 10.6. The third-order valence-corrected chi connectivity index (χ3v) is 3.15. The van der Waals surface area contributed by atoms with Crippen LogP contribution in [-0.2, 0) is 9.53 Å². The van der Waals surface area contributed by atoms with Crippen molar-refractivity contribution >= 4 is 22.6 Å². The predicted octanol–water partition coefficient (Wildman–Crippen LogP) is 0.227. The maximum atomic E-state index is 12.1. The van der Waals surface area contributed by atoms with E-state index in [9.17, 15) is 4.79 Å². The molecule has 0 unspecified atom stereocenters. The van der Waals surface area contributed by atoms with Crippen LogP contribution in [0.2, 0.25) is 0 Å². The largest absolute Gasteiger partial charge is 0.366 e. The van der Waals surface area contributed by atoms with Gasteiger partial charge >= 0.3 is 0 Å². The lowest BCUT2D eigenvalue weighted by molar-refractivity contribution is -0.132. The lowest BCUT2D eigenvalue weighted by atomic mass is 10.2. The molecule has 1 aliphatic rings. The molecule has 3 rings (SSSR count). The van der Waals surface area contributed by atoms with Crippen molar-refractivity contribution < 1.29 is 9.53 Å². The number of H-pyrrole nitrogens is 1. The molecule has 100 valence electrons. The maximum Gasteiger partial charge on any atom is 0.254 e. The molecule has 7 heteroatoms. The lowest BCUT2D eigenvalue weighted by Crippen LogP contribution is -2.46. The monoisotopic (exact) mass is 261 g/mol. The number of hydrogen-bond acceptors (Lipinski definition) is 5. The number of fused-ring (bicyclic) bond motifs is 1. The van der Waals surface area contributed by atoms with E-state index in [1.807, 2.05) is 13.1 Å². The van der Waals surface area contributed by atoms with Crippen molar-refractivity contribution in [1.29, 1.82) is 0 Å². The summed E-state index contributed by atoms with van der Waals surface area (Å²) in [5, 5.41) is 13.3. The molecule has 1 atom stereocenters. The van der Waals surface area contributed by atoms with Crippen LogP contribution in [0.15, 0.2) is 18.2 Å². The van der Waals surface area contributed by atoms with E-state index in [0.29, 0.717) is 18.8 Å². The van der Waals surface area contributed by atoms with E-state index in [-0.39, 0.29) is 5.91 Å². The summed E-state index contributed by atoms with van der Waals surface area (Å²) in [6.45, 7) is 2.05. The van der Waals surface area contributed by atoms with Crippen molar-refractivity contribution in [2.45, 2.75) is 6.10 Å². The molecule has 1 aromatic carbocycles. The van der Waals surface area contributed by atoms with Crippen LogP contribution in [0.1, 0.15) is 0 Å². The van der Waals surface area contributed by atoms with E-state index < -0.39 is 6.10 Å². The first-order chi connectivity index (χ1) is 9.22. The number of amides is 1. The summed E-state index contributed by atoms with van der Waals surface area (Å²) < 4.78 is 5.47. The van der Waals surface area contributed by atoms with Gasteiger partial charge in [-0.25, -0.2) is 0 Å². The number of nitrogens with one attached hydrogen (secondary N) is 2. The number of benzene rings is 1. The minimum Gasteiger partial charge on any atom is -0.366 e. The molecule has 1 aromatic heterocycles. The van der Waals surface area contributed by atoms with Gasteiger partial charge < -0.3 is 15.0 Å². The van der Waals surface area contributed by atoms with Crippen LogP contribution in [-0.4, -0.2) is 59.1 Å². The number of carbonyl (C=O) groups excluding carboxylic acids is 1. The van der Waals surface area contributed by atoms with Crippen molar-refractivity contribution in [1.82, 2.24) is 20.3 Å². The van der Waals surface area contributed by atoms with E-state index in [4.69, 9.17) is 4.74 Å². The average Bonchev–Trinajstić information content (AvgIpc) is 2.86. The van der Waals surface area contributed by atoms with Gasteiger partial charge in [-0.1, -0.05) is 0 Å². The van der Waals surface area contributed by atoms with Crippen molar-refractivity contribution in [3.63, 3.8) is 0 Å². The van der Waals surface area contributed by atoms with Crippen molar-refractivity contribution in [2.75, 3.05) is 32.1 Å². The minimum absolute atomic E-state index is 0.130. The number of anilines is 1. The SMILES string of the molecule is CN1CCO[C@H](C(=O)Nc2ccc3n[nH]nc3c2)C1. The molecule has 2 N–H and O–H groups in total. The van der Waals surface area contributed by atoms with Crippen LogP contribution in [0.25, 0.3) is 11.0 Å². The molecule has 0 saturated carbocycles. The van der Waals surface area contributed by atoms with E-state index in [1.165, 1.54) is 0 Å². The highest BCUT2D eigenvalue weighted by Crippen LogP contribution is 2.15. The normalized spacial score (nSPS) is 20.6. The molecule has 1 saturated heterocycles. The quantitative estimate of drug-likeness (QED) is 0.808. The Kier molecular flexibility index (Phi) is 3.14. The van der Waals surface area contributed by atoms with Gasteiger partial charge in [0.15, 0.2) is 0 Å². The van der Waals surface area contributed by atoms with E-state index in [1.54, 1.807) is 12.1 Å². The Hall–Kier alpha value is -1.99. The molecule has 2 aromatic rings. The molecule has 7 nitrogen and oxygen atoms in total. The highest BCUT2D eigenvalue weighted by atomic mass is 16.5. The molecular formula is C12H15N5O2. The number of carbonyl (C=O) groups is 1. The number of hydrogen-bond donors (Lipinski definition) is 2. The van der Waals surface area contributed by atoms with Gasteiger partial charge in [0.25, 0.3) is 5.91 Å². The van der Waals surface area contributed by atoms with Crippen LogP contribution < -0.4 is 5.32 Å². The Bertz CT molecular complexity index is 597.